The van der Waals surface area contributed by atoms with E-state index >= 15 is 0 Å². The Hall–Kier alpha value is -9.18. The molecule has 0 saturated carbocycles. The monoisotopic (exact) mass is 930 g/mol. The first-order chi connectivity index (χ1) is 36.0. The van der Waals surface area contributed by atoms with E-state index in [4.69, 9.17) is 4.42 Å². The molecule has 0 saturated heterocycles. The Morgan fingerprint density at radius 1 is 0.370 bits per heavy atom. The van der Waals surface area contributed by atoms with Gasteiger partial charge in [0.05, 0.1) is 33.2 Å². The van der Waals surface area contributed by atoms with E-state index in [0.29, 0.717) is 0 Å². The van der Waals surface area contributed by atoms with Gasteiger partial charge in [0.15, 0.2) is 0 Å². The smallest absolute Gasteiger partial charge is 0.137 e. The van der Waals surface area contributed by atoms with Gasteiger partial charge >= 0.3 is 0 Å². The van der Waals surface area contributed by atoms with Gasteiger partial charge in [0.2, 0.25) is 0 Å². The Balaban J connectivity index is 0.955. The quantitative estimate of drug-likeness (QED) is 0.171. The maximum Gasteiger partial charge on any atom is 0.137 e. The van der Waals surface area contributed by atoms with Crippen molar-refractivity contribution in [1.82, 2.24) is 4.57 Å². The van der Waals surface area contributed by atoms with Gasteiger partial charge in [-0.2, -0.15) is 0 Å². The van der Waals surface area contributed by atoms with E-state index in [1.54, 1.807) is 0 Å². The third-order valence-electron chi connectivity index (χ3n) is 16.8. The van der Waals surface area contributed by atoms with Crippen molar-refractivity contribution in [2.24, 2.45) is 0 Å². The summed E-state index contributed by atoms with van der Waals surface area (Å²) < 4.78 is 9.29. The second kappa shape index (κ2) is 14.7. The number of benzene rings is 11. The number of nitrogens with zero attached hydrogens (tertiary/aromatic N) is 2. The van der Waals surface area contributed by atoms with E-state index in [1.165, 1.54) is 88.6 Å². The van der Waals surface area contributed by atoms with Crippen LogP contribution in [0.2, 0.25) is 0 Å². The van der Waals surface area contributed by atoms with Crippen LogP contribution < -0.4 is 4.90 Å². The Morgan fingerprint density at radius 3 is 1.67 bits per heavy atom. The molecule has 0 N–H and O–H groups in total. The van der Waals surface area contributed by atoms with Gasteiger partial charge in [-0.25, -0.2) is 0 Å². The number of furan rings is 1. The molecular weight excluding hydrogens is 885 g/mol. The second-order valence-corrected chi connectivity index (χ2v) is 20.7. The molecule has 11 aromatic carbocycles. The molecule has 2 heterocycles. The van der Waals surface area contributed by atoms with Gasteiger partial charge in [0, 0.05) is 38.5 Å². The average molecular weight is 931 g/mol. The Labute approximate surface area is 423 Å². The molecule has 1 spiro atoms. The van der Waals surface area contributed by atoms with Gasteiger partial charge in [0.25, 0.3) is 0 Å². The van der Waals surface area contributed by atoms with E-state index in [9.17, 15) is 0 Å². The summed E-state index contributed by atoms with van der Waals surface area (Å²) in [6.07, 6.45) is 0. The van der Waals surface area contributed by atoms with Crippen molar-refractivity contribution < 1.29 is 4.42 Å². The number of rotatable bonds is 5. The topological polar surface area (TPSA) is 21.3 Å². The summed E-state index contributed by atoms with van der Waals surface area (Å²) in [4.78, 5) is 2.55. The highest BCUT2D eigenvalue weighted by atomic mass is 16.3. The first kappa shape index (κ1) is 40.5. The molecule has 0 bridgehead atoms. The standard InChI is InChI=1S/C70H46N2O/c1-69(2)55-25-11-9-24-52(55)67-59(69)29-16-31-63(67)72(46-36-37-50-49-22-8-14-28-58(49)70(60(50)42-46)56-26-12-6-20-47(56)48-21-7-13-27-57(48)70)64-32-17-33-66-68(64)54-41-44(35-39-65(54)73-66)43-34-38-62-53(40-43)51-23-10-15-30-61(51)71(62)45-18-4-3-5-19-45/h3-42H,1-2H3. The van der Waals surface area contributed by atoms with Crippen LogP contribution in [0, 0.1) is 0 Å². The minimum absolute atomic E-state index is 0.188. The second-order valence-electron chi connectivity index (χ2n) is 20.7. The first-order valence-electron chi connectivity index (χ1n) is 25.5. The molecule has 16 rings (SSSR count). The van der Waals surface area contributed by atoms with Crippen LogP contribution in [-0.2, 0) is 10.8 Å². The molecule has 73 heavy (non-hydrogen) atoms. The fraction of sp³-hybridized carbons (Fsp3) is 0.0571. The maximum atomic E-state index is 6.91. The summed E-state index contributed by atoms with van der Waals surface area (Å²) in [5, 5.41) is 4.63. The van der Waals surface area contributed by atoms with Gasteiger partial charge in [-0.3, -0.25) is 0 Å². The van der Waals surface area contributed by atoms with Gasteiger partial charge in [0.1, 0.15) is 11.2 Å². The summed E-state index contributed by atoms with van der Waals surface area (Å²) >= 11 is 0. The van der Waals surface area contributed by atoms with Crippen LogP contribution in [0.1, 0.15) is 47.2 Å². The van der Waals surface area contributed by atoms with Gasteiger partial charge in [-0.15, -0.1) is 0 Å². The van der Waals surface area contributed by atoms with E-state index in [0.717, 1.165) is 55.8 Å². The Bertz CT molecular complexity index is 4430. The Kier molecular flexibility index (Phi) is 8.16. The SMILES string of the molecule is CC1(C)c2ccccc2-c2c(N(c3ccc4c(c3)C3(c5ccccc5-c5ccccc53)c3ccccc3-4)c3cccc4oc5ccc(-c6ccc7c(c6)c6ccccc6n7-c6ccccc6)cc5c34)cccc21. The zero-order valence-corrected chi connectivity index (χ0v) is 40.4. The molecule has 3 aliphatic rings. The minimum Gasteiger partial charge on any atom is -0.456 e. The largest absolute Gasteiger partial charge is 0.456 e. The molecule has 2 aromatic heterocycles. The van der Waals surface area contributed by atoms with Crippen molar-refractivity contribution in [3.63, 3.8) is 0 Å². The molecular formula is C70H46N2O. The van der Waals surface area contributed by atoms with E-state index in [1.807, 2.05) is 0 Å². The molecule has 0 aliphatic heterocycles. The van der Waals surface area contributed by atoms with Crippen molar-refractivity contribution in [2.45, 2.75) is 24.7 Å². The van der Waals surface area contributed by atoms with E-state index in [-0.39, 0.29) is 5.41 Å². The van der Waals surface area contributed by atoms with Crippen LogP contribution in [-0.4, -0.2) is 4.57 Å². The van der Waals surface area contributed by atoms with Crippen molar-refractivity contribution >= 4 is 60.8 Å². The summed E-state index contributed by atoms with van der Waals surface area (Å²) in [5.74, 6) is 0. The Morgan fingerprint density at radius 2 is 0.932 bits per heavy atom. The zero-order chi connectivity index (χ0) is 48.2. The van der Waals surface area contributed by atoms with Gasteiger partial charge in [-0.1, -0.05) is 184 Å². The number of fused-ring (bicyclic) bond motifs is 19. The number of hydrogen-bond donors (Lipinski definition) is 0. The van der Waals surface area contributed by atoms with Crippen LogP contribution in [0.4, 0.5) is 17.1 Å². The summed E-state index contributed by atoms with van der Waals surface area (Å²) in [6, 6.07) is 90.2. The van der Waals surface area contributed by atoms with Crippen molar-refractivity contribution in [3.8, 4) is 50.2 Å². The molecule has 0 amide bonds. The fourth-order valence-corrected chi connectivity index (χ4v) is 13.7. The molecule has 3 nitrogen and oxygen atoms in total. The van der Waals surface area contributed by atoms with Crippen LogP contribution in [0.25, 0.3) is 93.9 Å². The molecule has 0 atom stereocenters. The lowest BCUT2D eigenvalue weighted by molar-refractivity contribution is 0.660. The zero-order valence-electron chi connectivity index (χ0n) is 40.4. The lowest BCUT2D eigenvalue weighted by Crippen LogP contribution is -2.26. The average Bonchev–Trinajstić information content (AvgIpc) is 4.21. The highest BCUT2D eigenvalue weighted by molar-refractivity contribution is 6.16. The predicted octanol–water partition coefficient (Wildman–Crippen LogP) is 18.5. The number of para-hydroxylation sites is 2. The van der Waals surface area contributed by atoms with E-state index in [2.05, 4.69) is 266 Å². The molecule has 0 fully saturated rings. The summed E-state index contributed by atoms with van der Waals surface area (Å²) in [5.41, 5.74) is 25.9. The highest BCUT2D eigenvalue weighted by Crippen LogP contribution is 2.64. The number of anilines is 3. The predicted molar refractivity (Wildman–Crippen MR) is 302 cm³/mol. The van der Waals surface area contributed by atoms with Crippen molar-refractivity contribution in [2.75, 3.05) is 4.90 Å². The number of hydrogen-bond acceptors (Lipinski definition) is 2. The lowest BCUT2D eigenvalue weighted by Gasteiger charge is -2.33. The van der Waals surface area contributed by atoms with Crippen molar-refractivity contribution in [3.05, 3.63) is 276 Å². The molecule has 342 valence electrons. The van der Waals surface area contributed by atoms with E-state index < -0.39 is 5.41 Å². The van der Waals surface area contributed by atoms with Gasteiger partial charge < -0.3 is 13.9 Å². The third-order valence-corrected chi connectivity index (χ3v) is 16.8. The lowest BCUT2D eigenvalue weighted by atomic mass is 9.70. The third kappa shape index (κ3) is 5.33. The molecule has 3 aliphatic carbocycles. The van der Waals surface area contributed by atoms with Crippen LogP contribution in [0.3, 0.4) is 0 Å². The molecule has 0 radical (unpaired) electrons. The minimum atomic E-state index is -0.494. The molecule has 13 aromatic rings. The summed E-state index contributed by atoms with van der Waals surface area (Å²) in [6.45, 7) is 4.75. The van der Waals surface area contributed by atoms with Crippen LogP contribution in [0.5, 0.6) is 0 Å². The van der Waals surface area contributed by atoms with Crippen molar-refractivity contribution in [1.29, 1.82) is 0 Å². The van der Waals surface area contributed by atoms with Crippen LogP contribution in [0.15, 0.2) is 247 Å². The number of aromatic nitrogens is 1. The van der Waals surface area contributed by atoms with Crippen LogP contribution >= 0.6 is 0 Å². The highest BCUT2D eigenvalue weighted by Gasteiger charge is 2.52. The normalized spacial score (nSPS) is 14.1. The fourth-order valence-electron chi connectivity index (χ4n) is 13.7. The summed E-state index contributed by atoms with van der Waals surface area (Å²) in [7, 11) is 0. The molecule has 3 heteroatoms. The van der Waals surface area contributed by atoms with Gasteiger partial charge in [-0.05, 0) is 145 Å². The maximum absolute atomic E-state index is 6.91. The first-order valence-corrected chi connectivity index (χ1v) is 25.5. The molecule has 0 unspecified atom stereocenters.